The summed E-state index contributed by atoms with van der Waals surface area (Å²) in [4.78, 5) is 14.2. The highest BCUT2D eigenvalue weighted by atomic mass is 32.2. The number of hydrogen-bond acceptors (Lipinski definition) is 5. The van der Waals surface area contributed by atoms with Crippen molar-refractivity contribution < 1.29 is 17.6 Å². The molecule has 4 nitrogen and oxygen atoms in total. The number of benzene rings is 1. The fraction of sp³-hybridized carbons (Fsp3) is 0.286. The molecule has 0 radical (unpaired) electrons. The highest BCUT2D eigenvalue weighted by Gasteiger charge is 2.42. The van der Waals surface area contributed by atoms with Crippen LogP contribution in [0, 0.1) is 5.82 Å². The topological polar surface area (TPSA) is 54.5 Å². The summed E-state index contributed by atoms with van der Waals surface area (Å²) < 4.78 is 36.7. The maximum atomic E-state index is 13.2. The number of carbonyl (C=O) groups is 1. The van der Waals surface area contributed by atoms with E-state index in [2.05, 4.69) is 0 Å². The number of rotatable bonds is 2. The van der Waals surface area contributed by atoms with Crippen LogP contribution in [0.3, 0.4) is 0 Å². The van der Waals surface area contributed by atoms with Crippen LogP contribution in [-0.4, -0.2) is 41.1 Å². The van der Waals surface area contributed by atoms with Crippen LogP contribution in [-0.2, 0) is 14.6 Å². The molecule has 0 N–H and O–H groups in total. The van der Waals surface area contributed by atoms with E-state index in [1.54, 1.807) is 18.2 Å². The lowest BCUT2D eigenvalue weighted by Crippen LogP contribution is -2.39. The summed E-state index contributed by atoms with van der Waals surface area (Å²) in [5, 5.41) is 0. The molecule has 0 spiro atoms. The van der Waals surface area contributed by atoms with Gasteiger partial charge < -0.3 is 0 Å². The lowest BCUT2D eigenvalue weighted by atomic mass is 10.2. The summed E-state index contributed by atoms with van der Waals surface area (Å²) >= 11 is 6.33. The fourth-order valence-corrected chi connectivity index (χ4v) is 5.62. The Bertz CT molecular complexity index is 788. The molecule has 116 valence electrons. The van der Waals surface area contributed by atoms with E-state index in [4.69, 9.17) is 12.2 Å². The summed E-state index contributed by atoms with van der Waals surface area (Å²) in [6, 6.07) is 5.51. The van der Waals surface area contributed by atoms with E-state index in [1.807, 2.05) is 0 Å². The van der Waals surface area contributed by atoms with Gasteiger partial charge in [-0.05, 0) is 30.2 Å². The Balaban J connectivity index is 1.86. The maximum Gasteiger partial charge on any atom is 0.266 e. The SMILES string of the molecule is O=C1/C(=C/c2cccc(F)c2)SC(=S)N1[C@@H]1CCS(=O)(=O)C1. The highest BCUT2D eigenvalue weighted by Crippen LogP contribution is 2.36. The Kier molecular flexibility index (Phi) is 4.09. The number of amides is 1. The molecule has 2 saturated heterocycles. The summed E-state index contributed by atoms with van der Waals surface area (Å²) in [5.74, 6) is -0.655. The molecular weight excluding hydrogens is 345 g/mol. The van der Waals surface area contributed by atoms with Crippen molar-refractivity contribution in [1.29, 1.82) is 0 Å². The van der Waals surface area contributed by atoms with Gasteiger partial charge in [0.2, 0.25) is 0 Å². The largest absolute Gasteiger partial charge is 0.289 e. The van der Waals surface area contributed by atoms with E-state index in [-0.39, 0.29) is 23.2 Å². The Labute approximate surface area is 137 Å². The van der Waals surface area contributed by atoms with Crippen LogP contribution in [0.1, 0.15) is 12.0 Å². The minimum absolute atomic E-state index is 0.0489. The molecule has 0 unspecified atom stereocenters. The van der Waals surface area contributed by atoms with Gasteiger partial charge in [-0.15, -0.1) is 0 Å². The molecule has 2 fully saturated rings. The first kappa shape index (κ1) is 15.6. The average Bonchev–Trinajstić information content (AvgIpc) is 2.90. The van der Waals surface area contributed by atoms with E-state index >= 15 is 0 Å². The van der Waals surface area contributed by atoms with Crippen LogP contribution in [0.15, 0.2) is 29.2 Å². The highest BCUT2D eigenvalue weighted by molar-refractivity contribution is 8.26. The molecule has 2 heterocycles. The second-order valence-corrected chi connectivity index (χ2v) is 9.07. The Morgan fingerprint density at radius 1 is 1.41 bits per heavy atom. The van der Waals surface area contributed by atoms with Gasteiger partial charge in [0.15, 0.2) is 9.84 Å². The van der Waals surface area contributed by atoms with Crippen LogP contribution in [0.4, 0.5) is 4.39 Å². The molecule has 22 heavy (non-hydrogen) atoms. The van der Waals surface area contributed by atoms with Crippen molar-refractivity contribution in [1.82, 2.24) is 4.90 Å². The van der Waals surface area contributed by atoms with Crippen molar-refractivity contribution in [3.63, 3.8) is 0 Å². The molecular formula is C14H12FNO3S3. The molecule has 1 aromatic carbocycles. The van der Waals surface area contributed by atoms with Gasteiger partial charge in [0.25, 0.3) is 5.91 Å². The molecule has 0 aromatic heterocycles. The number of hydrogen-bond donors (Lipinski definition) is 0. The first-order valence-electron chi connectivity index (χ1n) is 6.59. The summed E-state index contributed by atoms with van der Waals surface area (Å²) in [7, 11) is -3.09. The van der Waals surface area contributed by atoms with Crippen LogP contribution >= 0.6 is 24.0 Å². The zero-order valence-electron chi connectivity index (χ0n) is 11.4. The zero-order chi connectivity index (χ0) is 15.9. The molecule has 0 saturated carbocycles. The molecule has 1 aromatic rings. The van der Waals surface area contributed by atoms with Crippen molar-refractivity contribution in [2.24, 2.45) is 0 Å². The summed E-state index contributed by atoms with van der Waals surface area (Å²) in [5.41, 5.74) is 0.569. The Morgan fingerprint density at radius 2 is 2.18 bits per heavy atom. The third-order valence-electron chi connectivity index (χ3n) is 3.54. The molecule has 0 aliphatic carbocycles. The summed E-state index contributed by atoms with van der Waals surface area (Å²) in [6.07, 6.45) is 1.98. The van der Waals surface area contributed by atoms with Gasteiger partial charge in [-0.25, -0.2) is 12.8 Å². The quantitative estimate of drug-likeness (QED) is 0.600. The van der Waals surface area contributed by atoms with Gasteiger partial charge in [0.1, 0.15) is 10.1 Å². The Hall–Kier alpha value is -1.25. The van der Waals surface area contributed by atoms with E-state index in [9.17, 15) is 17.6 Å². The predicted octanol–water partition coefficient (Wildman–Crippen LogP) is 2.21. The van der Waals surface area contributed by atoms with Crippen LogP contribution in [0.2, 0.25) is 0 Å². The smallest absolute Gasteiger partial charge is 0.266 e. The Morgan fingerprint density at radius 3 is 2.82 bits per heavy atom. The minimum atomic E-state index is -3.09. The fourth-order valence-electron chi connectivity index (χ4n) is 2.52. The zero-order valence-corrected chi connectivity index (χ0v) is 13.8. The van der Waals surface area contributed by atoms with Crippen LogP contribution in [0.25, 0.3) is 6.08 Å². The summed E-state index contributed by atoms with van der Waals surface area (Å²) in [6.45, 7) is 0. The lowest BCUT2D eigenvalue weighted by molar-refractivity contribution is -0.123. The number of sulfone groups is 1. The minimum Gasteiger partial charge on any atom is -0.289 e. The molecule has 2 aliphatic heterocycles. The maximum absolute atomic E-state index is 13.2. The van der Waals surface area contributed by atoms with Gasteiger partial charge in [0.05, 0.1) is 22.5 Å². The van der Waals surface area contributed by atoms with Crippen LogP contribution < -0.4 is 0 Å². The number of carbonyl (C=O) groups excluding carboxylic acids is 1. The number of thiocarbonyl (C=S) groups is 1. The molecule has 3 rings (SSSR count). The predicted molar refractivity (Wildman–Crippen MR) is 88.5 cm³/mol. The molecule has 8 heteroatoms. The third-order valence-corrected chi connectivity index (χ3v) is 6.62. The average molecular weight is 357 g/mol. The van der Waals surface area contributed by atoms with Crippen LogP contribution in [0.5, 0.6) is 0 Å². The lowest BCUT2D eigenvalue weighted by Gasteiger charge is -2.20. The van der Waals surface area contributed by atoms with Crippen molar-refractivity contribution in [3.05, 3.63) is 40.6 Å². The first-order chi connectivity index (χ1) is 10.4. The molecule has 1 amide bonds. The third kappa shape index (κ3) is 3.09. The number of thioether (sulfide) groups is 1. The van der Waals surface area contributed by atoms with Gasteiger partial charge in [-0.2, -0.15) is 0 Å². The number of nitrogens with zero attached hydrogens (tertiary/aromatic N) is 1. The second kappa shape index (κ2) is 5.75. The van der Waals surface area contributed by atoms with Crippen molar-refractivity contribution >= 4 is 50.1 Å². The monoisotopic (exact) mass is 357 g/mol. The first-order valence-corrected chi connectivity index (χ1v) is 9.63. The molecule has 1 atom stereocenters. The van der Waals surface area contributed by atoms with Gasteiger partial charge >= 0.3 is 0 Å². The van der Waals surface area contributed by atoms with Crippen molar-refractivity contribution in [2.75, 3.05) is 11.5 Å². The normalized spacial score (nSPS) is 26.1. The molecule has 0 bridgehead atoms. The van der Waals surface area contributed by atoms with E-state index in [0.29, 0.717) is 21.2 Å². The van der Waals surface area contributed by atoms with E-state index in [0.717, 1.165) is 11.8 Å². The molecule has 2 aliphatic rings. The van der Waals surface area contributed by atoms with E-state index < -0.39 is 15.9 Å². The van der Waals surface area contributed by atoms with Gasteiger partial charge in [0, 0.05) is 0 Å². The van der Waals surface area contributed by atoms with Crippen molar-refractivity contribution in [2.45, 2.75) is 12.5 Å². The van der Waals surface area contributed by atoms with Crippen molar-refractivity contribution in [3.8, 4) is 0 Å². The second-order valence-electron chi connectivity index (χ2n) is 5.16. The standard InChI is InChI=1S/C14H12FNO3S3/c15-10-3-1-2-9(6-10)7-12-13(17)16(14(20)21-12)11-4-5-22(18,19)8-11/h1-3,6-7,11H,4-5,8H2/b12-7-/t11-/m1/s1. The van der Waals surface area contributed by atoms with E-state index in [1.165, 1.54) is 17.0 Å². The van der Waals surface area contributed by atoms with Gasteiger partial charge in [-0.3, -0.25) is 9.69 Å². The van der Waals surface area contributed by atoms with Gasteiger partial charge in [-0.1, -0.05) is 36.1 Å². The number of halogens is 1.